The summed E-state index contributed by atoms with van der Waals surface area (Å²) in [6, 6.07) is 0.0363. The van der Waals surface area contributed by atoms with E-state index in [1.165, 1.54) is 20.0 Å². The first kappa shape index (κ1) is 13.7. The maximum atomic E-state index is 14.0. The largest absolute Gasteiger partial charge is 0.477 e. The monoisotopic (exact) mass is 293 g/mol. The van der Waals surface area contributed by atoms with Crippen LogP contribution in [0.15, 0.2) is 11.0 Å². The molecule has 1 aromatic heterocycles. The van der Waals surface area contributed by atoms with Gasteiger partial charge in [0.1, 0.15) is 5.56 Å². The van der Waals surface area contributed by atoms with Crippen molar-refractivity contribution in [1.29, 1.82) is 0 Å². The molecule has 0 spiro atoms. The Balaban J connectivity index is 2.59. The number of hydrogen-bond acceptors (Lipinski definition) is 2. The normalized spacial score (nSPS) is 14.7. The topological polar surface area (TPSA) is 59.3 Å². The van der Waals surface area contributed by atoms with Gasteiger partial charge in [0.2, 0.25) is 5.43 Å². The summed E-state index contributed by atoms with van der Waals surface area (Å²) in [6.07, 6.45) is 2.90. The number of halogens is 2. The molecule has 1 N–H and O–H groups in total. The smallest absolute Gasteiger partial charge is 0.341 e. The lowest BCUT2D eigenvalue weighted by Gasteiger charge is -2.16. The Labute approximate surface area is 118 Å². The number of carbonyl (C=O) groups is 1. The van der Waals surface area contributed by atoms with Gasteiger partial charge in [0.25, 0.3) is 0 Å². The van der Waals surface area contributed by atoms with E-state index in [1.807, 2.05) is 0 Å². The molecule has 4 nitrogen and oxygen atoms in total. The van der Waals surface area contributed by atoms with Gasteiger partial charge in [0, 0.05) is 23.4 Å². The van der Waals surface area contributed by atoms with Crippen LogP contribution in [0.2, 0.25) is 0 Å². The van der Waals surface area contributed by atoms with Crippen molar-refractivity contribution >= 4 is 16.9 Å². The Bertz CT molecular complexity index is 851. The quantitative estimate of drug-likeness (QED) is 0.926. The van der Waals surface area contributed by atoms with E-state index in [2.05, 4.69) is 0 Å². The Hall–Kier alpha value is -2.24. The molecular formula is C15H13F2NO3. The first-order valence-electron chi connectivity index (χ1n) is 6.60. The molecule has 0 amide bonds. The Kier molecular flexibility index (Phi) is 2.86. The number of rotatable bonds is 2. The van der Waals surface area contributed by atoms with Gasteiger partial charge in [0.05, 0.1) is 10.9 Å². The van der Waals surface area contributed by atoms with E-state index in [-0.39, 0.29) is 22.6 Å². The third-order valence-corrected chi connectivity index (χ3v) is 3.99. The number of pyridine rings is 1. The fourth-order valence-electron chi connectivity index (χ4n) is 2.70. The zero-order chi connectivity index (χ0) is 15.5. The first-order chi connectivity index (χ1) is 9.84. The predicted octanol–water partition coefficient (Wildman–Crippen LogP) is 2.93. The summed E-state index contributed by atoms with van der Waals surface area (Å²) in [4.78, 5) is 23.5. The van der Waals surface area contributed by atoms with Crippen molar-refractivity contribution in [1.82, 2.24) is 4.57 Å². The molecule has 1 aromatic carbocycles. The van der Waals surface area contributed by atoms with Crippen molar-refractivity contribution in [3.8, 4) is 0 Å². The van der Waals surface area contributed by atoms with Crippen LogP contribution in [0.1, 0.15) is 40.4 Å². The zero-order valence-electron chi connectivity index (χ0n) is 11.5. The maximum absolute atomic E-state index is 14.0. The van der Waals surface area contributed by atoms with Gasteiger partial charge in [0.15, 0.2) is 11.6 Å². The first-order valence-corrected chi connectivity index (χ1v) is 6.60. The minimum atomic E-state index is -1.36. The maximum Gasteiger partial charge on any atom is 0.341 e. The fraction of sp³-hybridized carbons (Fsp3) is 0.333. The van der Waals surface area contributed by atoms with Crippen LogP contribution in [0.3, 0.4) is 0 Å². The lowest BCUT2D eigenvalue weighted by atomic mass is 10.0. The van der Waals surface area contributed by atoms with Gasteiger partial charge in [-0.2, -0.15) is 0 Å². The van der Waals surface area contributed by atoms with Crippen molar-refractivity contribution in [2.24, 2.45) is 0 Å². The highest BCUT2D eigenvalue weighted by Gasteiger charge is 2.29. The highest BCUT2D eigenvalue weighted by atomic mass is 19.2. The van der Waals surface area contributed by atoms with Crippen LogP contribution in [0.4, 0.5) is 8.78 Å². The molecule has 0 bridgehead atoms. The molecule has 2 aromatic rings. The van der Waals surface area contributed by atoms with Crippen LogP contribution in [0.5, 0.6) is 0 Å². The standard InChI is InChI=1S/C15H13F2NO3/c1-6-10-13(7(2)12(17)11(6)16)18(8-3-4-8)5-9(14(10)19)15(20)21/h5,8H,3-4H2,1-2H3,(H,20,21). The molecule has 0 unspecified atom stereocenters. The van der Waals surface area contributed by atoms with Crippen LogP contribution in [0.25, 0.3) is 10.9 Å². The molecule has 1 fully saturated rings. The summed E-state index contributed by atoms with van der Waals surface area (Å²) >= 11 is 0. The van der Waals surface area contributed by atoms with Crippen molar-refractivity contribution in [2.45, 2.75) is 32.7 Å². The lowest BCUT2D eigenvalue weighted by molar-refractivity contribution is 0.0695. The zero-order valence-corrected chi connectivity index (χ0v) is 11.5. The van der Waals surface area contributed by atoms with Gasteiger partial charge in [-0.3, -0.25) is 4.79 Å². The molecular weight excluding hydrogens is 280 g/mol. The number of hydrogen-bond donors (Lipinski definition) is 1. The number of aryl methyl sites for hydroxylation is 2. The summed E-state index contributed by atoms with van der Waals surface area (Å²) in [7, 11) is 0. The van der Waals surface area contributed by atoms with E-state index in [1.54, 1.807) is 4.57 Å². The third-order valence-electron chi connectivity index (χ3n) is 3.99. The fourth-order valence-corrected chi connectivity index (χ4v) is 2.70. The highest BCUT2D eigenvalue weighted by Crippen LogP contribution is 2.39. The SMILES string of the molecule is Cc1c(F)c(F)c(C)c2c1c(=O)c(C(=O)O)cn2C1CC1. The summed E-state index contributed by atoms with van der Waals surface area (Å²) in [5.74, 6) is -3.45. The summed E-state index contributed by atoms with van der Waals surface area (Å²) in [5, 5.41) is 9.11. The van der Waals surface area contributed by atoms with Crippen LogP contribution in [0, 0.1) is 25.5 Å². The van der Waals surface area contributed by atoms with Crippen molar-refractivity contribution < 1.29 is 18.7 Å². The van der Waals surface area contributed by atoms with Crippen LogP contribution in [-0.2, 0) is 0 Å². The van der Waals surface area contributed by atoms with Gasteiger partial charge in [-0.15, -0.1) is 0 Å². The molecule has 1 saturated carbocycles. The molecule has 1 heterocycles. The minimum Gasteiger partial charge on any atom is -0.477 e. The molecule has 0 atom stereocenters. The van der Waals surface area contributed by atoms with E-state index < -0.39 is 28.6 Å². The Morgan fingerprint density at radius 3 is 2.33 bits per heavy atom. The summed E-state index contributed by atoms with van der Waals surface area (Å²) in [5.41, 5.74) is -0.995. The van der Waals surface area contributed by atoms with E-state index >= 15 is 0 Å². The molecule has 1 aliphatic carbocycles. The molecule has 0 aliphatic heterocycles. The summed E-state index contributed by atoms with van der Waals surface area (Å²) in [6.45, 7) is 2.70. The molecule has 21 heavy (non-hydrogen) atoms. The average molecular weight is 293 g/mol. The van der Waals surface area contributed by atoms with E-state index in [0.717, 1.165) is 12.8 Å². The third kappa shape index (κ3) is 1.86. The van der Waals surface area contributed by atoms with E-state index in [9.17, 15) is 18.4 Å². The van der Waals surface area contributed by atoms with Crippen molar-refractivity contribution in [3.63, 3.8) is 0 Å². The van der Waals surface area contributed by atoms with Gasteiger partial charge in [-0.1, -0.05) is 0 Å². The number of benzene rings is 1. The second-order valence-corrected chi connectivity index (χ2v) is 5.42. The number of carboxylic acids is 1. The van der Waals surface area contributed by atoms with Crippen LogP contribution >= 0.6 is 0 Å². The summed E-state index contributed by atoms with van der Waals surface area (Å²) < 4.78 is 29.5. The number of aromatic nitrogens is 1. The Morgan fingerprint density at radius 2 is 1.81 bits per heavy atom. The lowest BCUT2D eigenvalue weighted by Crippen LogP contribution is -2.21. The van der Waals surface area contributed by atoms with Gasteiger partial charge in [-0.05, 0) is 26.7 Å². The molecule has 110 valence electrons. The number of nitrogens with zero attached hydrogens (tertiary/aromatic N) is 1. The molecule has 1 aliphatic rings. The number of carboxylic acid groups (broad SMARTS) is 1. The molecule has 0 radical (unpaired) electrons. The Morgan fingerprint density at radius 1 is 1.24 bits per heavy atom. The van der Waals surface area contributed by atoms with Gasteiger partial charge < -0.3 is 9.67 Å². The second-order valence-electron chi connectivity index (χ2n) is 5.42. The van der Waals surface area contributed by atoms with Crippen molar-refractivity contribution in [2.75, 3.05) is 0 Å². The highest BCUT2D eigenvalue weighted by molar-refractivity contribution is 5.94. The minimum absolute atomic E-state index is 0.0361. The van der Waals surface area contributed by atoms with Gasteiger partial charge in [-0.25, -0.2) is 13.6 Å². The molecule has 0 saturated heterocycles. The molecule has 3 rings (SSSR count). The molecule has 6 heteroatoms. The van der Waals surface area contributed by atoms with Crippen LogP contribution < -0.4 is 5.43 Å². The van der Waals surface area contributed by atoms with Crippen molar-refractivity contribution in [3.05, 3.63) is 44.7 Å². The van der Waals surface area contributed by atoms with E-state index in [4.69, 9.17) is 5.11 Å². The predicted molar refractivity (Wildman–Crippen MR) is 72.8 cm³/mol. The number of fused-ring (bicyclic) bond motifs is 1. The van der Waals surface area contributed by atoms with Gasteiger partial charge >= 0.3 is 5.97 Å². The average Bonchev–Trinajstić information content (AvgIpc) is 3.26. The number of aromatic carboxylic acids is 1. The second kappa shape index (κ2) is 4.38. The van der Waals surface area contributed by atoms with E-state index in [0.29, 0.717) is 5.52 Å². The van der Waals surface area contributed by atoms with Crippen LogP contribution in [-0.4, -0.2) is 15.6 Å².